The molecule has 1 heterocycles. The highest BCUT2D eigenvalue weighted by Gasteiger charge is 2.44. The molecule has 114 valence electrons. The van der Waals surface area contributed by atoms with Crippen molar-refractivity contribution >= 4 is 34.9 Å². The number of amidine groups is 1. The van der Waals surface area contributed by atoms with Gasteiger partial charge in [-0.1, -0.05) is 18.5 Å². The van der Waals surface area contributed by atoms with Crippen LogP contribution in [0.4, 0.5) is 10.1 Å². The fourth-order valence-electron chi connectivity index (χ4n) is 2.57. The molecular formula is C16H14ClFN2OS. The van der Waals surface area contributed by atoms with Crippen LogP contribution in [0.25, 0.3) is 0 Å². The van der Waals surface area contributed by atoms with Gasteiger partial charge >= 0.3 is 0 Å². The molecule has 0 bridgehead atoms. The van der Waals surface area contributed by atoms with Crippen molar-refractivity contribution in [3.63, 3.8) is 0 Å². The fourth-order valence-corrected chi connectivity index (χ4v) is 3.44. The van der Waals surface area contributed by atoms with Gasteiger partial charge in [-0.2, -0.15) is 0 Å². The minimum Gasteiger partial charge on any atom is -0.384 e. The fraction of sp³-hybridized carbons (Fsp3) is 0.188. The Kier molecular flexibility index (Phi) is 3.89. The second-order valence-corrected chi connectivity index (χ2v) is 6.72. The van der Waals surface area contributed by atoms with Gasteiger partial charge in [0.25, 0.3) is 0 Å². The Morgan fingerprint density at radius 1 is 1.27 bits per heavy atom. The molecule has 1 aliphatic rings. The third-order valence-electron chi connectivity index (χ3n) is 3.60. The first-order valence-corrected chi connectivity index (χ1v) is 8.13. The Morgan fingerprint density at radius 2 is 2.05 bits per heavy atom. The summed E-state index contributed by atoms with van der Waals surface area (Å²) in [6.45, 7) is 2.00. The van der Waals surface area contributed by atoms with E-state index in [1.807, 2.05) is 6.92 Å². The maximum Gasteiger partial charge on any atom is 0.177 e. The van der Waals surface area contributed by atoms with Crippen molar-refractivity contribution in [2.75, 3.05) is 5.75 Å². The lowest BCUT2D eigenvalue weighted by atomic mass is 9.86. The summed E-state index contributed by atoms with van der Waals surface area (Å²) < 4.78 is 14.4. The van der Waals surface area contributed by atoms with Crippen LogP contribution in [0, 0.1) is 5.82 Å². The van der Waals surface area contributed by atoms with Crippen LogP contribution in [-0.2, 0) is 5.60 Å². The summed E-state index contributed by atoms with van der Waals surface area (Å²) in [6, 6.07) is 9.51. The zero-order chi connectivity index (χ0) is 15.9. The van der Waals surface area contributed by atoms with Gasteiger partial charge in [0, 0.05) is 21.0 Å². The van der Waals surface area contributed by atoms with Gasteiger partial charge in [0.05, 0.1) is 5.69 Å². The number of thioether (sulfide) groups is 1. The lowest BCUT2D eigenvalue weighted by molar-refractivity contribution is 0.153. The molecule has 0 aromatic heterocycles. The number of nitrogens with zero attached hydrogens (tertiary/aromatic N) is 1. The van der Waals surface area contributed by atoms with Gasteiger partial charge < -0.3 is 10.8 Å². The van der Waals surface area contributed by atoms with Crippen LogP contribution in [0.1, 0.15) is 18.1 Å². The minimum atomic E-state index is -1.80. The first kappa shape index (κ1) is 15.3. The Balaban J connectivity index is 2.21. The maximum absolute atomic E-state index is 14.4. The van der Waals surface area contributed by atoms with Crippen molar-refractivity contribution in [2.24, 2.45) is 10.7 Å². The standard InChI is InChI=1S/C16H14ClFN2OS/c1-2-22-10-4-5-13(18)11(8-10)16(21)12-7-9(17)3-6-14(12)20-15(16)19/h3-8,21H,2H2,1H3,(H2,19,20). The Hall–Kier alpha value is -1.56. The molecule has 3 nitrogen and oxygen atoms in total. The normalized spacial score (nSPS) is 19.9. The molecule has 0 amide bonds. The largest absolute Gasteiger partial charge is 0.384 e. The number of benzene rings is 2. The molecule has 2 aromatic carbocycles. The van der Waals surface area contributed by atoms with Crippen molar-refractivity contribution in [1.29, 1.82) is 0 Å². The van der Waals surface area contributed by atoms with Gasteiger partial charge in [-0.05, 0) is 42.2 Å². The predicted octanol–water partition coefficient (Wildman–Crippen LogP) is 3.83. The molecule has 1 unspecified atom stereocenters. The number of hydrogen-bond donors (Lipinski definition) is 2. The van der Waals surface area contributed by atoms with E-state index < -0.39 is 11.4 Å². The summed E-state index contributed by atoms with van der Waals surface area (Å²) in [5, 5.41) is 11.5. The number of halogens is 2. The molecule has 6 heteroatoms. The van der Waals surface area contributed by atoms with Crippen LogP contribution in [0.5, 0.6) is 0 Å². The van der Waals surface area contributed by atoms with Gasteiger partial charge in [-0.3, -0.25) is 0 Å². The Morgan fingerprint density at radius 3 is 2.77 bits per heavy atom. The molecule has 3 rings (SSSR count). The number of hydrogen-bond acceptors (Lipinski definition) is 4. The third kappa shape index (κ3) is 2.29. The molecule has 0 saturated carbocycles. The monoisotopic (exact) mass is 336 g/mol. The van der Waals surface area contributed by atoms with E-state index in [2.05, 4.69) is 4.99 Å². The van der Waals surface area contributed by atoms with Gasteiger partial charge in [0.1, 0.15) is 11.7 Å². The molecule has 0 fully saturated rings. The van der Waals surface area contributed by atoms with Crippen LogP contribution in [0.3, 0.4) is 0 Å². The first-order chi connectivity index (χ1) is 10.5. The quantitative estimate of drug-likeness (QED) is 0.837. The summed E-state index contributed by atoms with van der Waals surface area (Å²) in [6.07, 6.45) is 0. The highest BCUT2D eigenvalue weighted by atomic mass is 35.5. The molecule has 0 saturated heterocycles. The number of aliphatic imine (C=N–C) groups is 1. The second-order valence-electron chi connectivity index (χ2n) is 4.94. The van der Waals surface area contributed by atoms with Gasteiger partial charge in [-0.15, -0.1) is 11.8 Å². The van der Waals surface area contributed by atoms with Crippen molar-refractivity contribution in [1.82, 2.24) is 0 Å². The zero-order valence-electron chi connectivity index (χ0n) is 11.8. The molecule has 3 N–H and O–H groups in total. The van der Waals surface area contributed by atoms with E-state index in [0.29, 0.717) is 16.3 Å². The number of fused-ring (bicyclic) bond motifs is 1. The van der Waals surface area contributed by atoms with Crippen LogP contribution >= 0.6 is 23.4 Å². The van der Waals surface area contributed by atoms with Crippen molar-refractivity contribution < 1.29 is 9.50 Å². The summed E-state index contributed by atoms with van der Waals surface area (Å²) in [5.41, 5.74) is 5.11. The molecular weight excluding hydrogens is 323 g/mol. The topological polar surface area (TPSA) is 58.6 Å². The molecule has 1 atom stereocenters. The third-order valence-corrected chi connectivity index (χ3v) is 4.71. The van der Waals surface area contributed by atoms with Crippen molar-refractivity contribution in [3.05, 3.63) is 58.4 Å². The van der Waals surface area contributed by atoms with Crippen molar-refractivity contribution in [2.45, 2.75) is 17.4 Å². The summed E-state index contributed by atoms with van der Waals surface area (Å²) in [5.74, 6) is 0.256. The highest BCUT2D eigenvalue weighted by molar-refractivity contribution is 7.99. The molecule has 1 aliphatic heterocycles. The summed E-state index contributed by atoms with van der Waals surface area (Å²) in [7, 11) is 0. The van der Waals surface area contributed by atoms with Gasteiger partial charge in [-0.25, -0.2) is 9.38 Å². The summed E-state index contributed by atoms with van der Waals surface area (Å²) >= 11 is 7.56. The Bertz CT molecular complexity index is 781. The number of aliphatic hydroxyl groups is 1. The van der Waals surface area contributed by atoms with Gasteiger partial charge in [0.2, 0.25) is 0 Å². The van der Waals surface area contributed by atoms with Crippen LogP contribution in [0.2, 0.25) is 5.02 Å². The Labute approximate surface area is 137 Å². The van der Waals surface area contributed by atoms with E-state index in [0.717, 1.165) is 10.6 Å². The average Bonchev–Trinajstić information content (AvgIpc) is 2.74. The summed E-state index contributed by atoms with van der Waals surface area (Å²) in [4.78, 5) is 5.01. The van der Waals surface area contributed by atoms with Crippen LogP contribution < -0.4 is 5.73 Å². The lowest BCUT2D eigenvalue weighted by Crippen LogP contribution is -2.40. The van der Waals surface area contributed by atoms with E-state index in [-0.39, 0.29) is 11.4 Å². The second kappa shape index (κ2) is 5.57. The van der Waals surface area contributed by atoms with E-state index >= 15 is 0 Å². The molecule has 0 spiro atoms. The average molecular weight is 337 g/mol. The number of rotatable bonds is 3. The van der Waals surface area contributed by atoms with Crippen LogP contribution in [0.15, 0.2) is 46.3 Å². The molecule has 0 radical (unpaired) electrons. The van der Waals surface area contributed by atoms with Crippen LogP contribution in [-0.4, -0.2) is 16.7 Å². The smallest absolute Gasteiger partial charge is 0.177 e. The number of nitrogens with two attached hydrogens (primary N) is 1. The highest BCUT2D eigenvalue weighted by Crippen LogP contribution is 2.44. The van der Waals surface area contributed by atoms with E-state index in [1.54, 1.807) is 42.1 Å². The molecule has 0 aliphatic carbocycles. The van der Waals surface area contributed by atoms with Gasteiger partial charge in [0.15, 0.2) is 5.60 Å². The SMILES string of the molecule is CCSc1ccc(F)c(C2(O)C(N)=Nc3ccc(Cl)cc32)c1. The lowest BCUT2D eigenvalue weighted by Gasteiger charge is -2.25. The van der Waals surface area contributed by atoms with E-state index in [4.69, 9.17) is 17.3 Å². The maximum atomic E-state index is 14.4. The molecule has 22 heavy (non-hydrogen) atoms. The van der Waals surface area contributed by atoms with E-state index in [1.165, 1.54) is 6.07 Å². The van der Waals surface area contributed by atoms with Crippen molar-refractivity contribution in [3.8, 4) is 0 Å². The van der Waals surface area contributed by atoms with E-state index in [9.17, 15) is 9.50 Å². The predicted molar refractivity (Wildman–Crippen MR) is 88.5 cm³/mol. The minimum absolute atomic E-state index is 0.0534. The zero-order valence-corrected chi connectivity index (χ0v) is 13.4. The first-order valence-electron chi connectivity index (χ1n) is 6.76. The molecule has 2 aromatic rings.